The summed E-state index contributed by atoms with van der Waals surface area (Å²) >= 11 is 0. The fraction of sp³-hybridized carbons (Fsp3) is 0.778. The summed E-state index contributed by atoms with van der Waals surface area (Å²) in [6, 6.07) is 0. The molecule has 0 N–H and O–H groups in total. The van der Waals surface area contributed by atoms with Crippen molar-refractivity contribution in [3.05, 3.63) is 0 Å². The summed E-state index contributed by atoms with van der Waals surface area (Å²) in [5, 5.41) is 0. The summed E-state index contributed by atoms with van der Waals surface area (Å²) in [5.41, 5.74) is 0. The summed E-state index contributed by atoms with van der Waals surface area (Å²) in [6.45, 7) is 4.07. The molecule has 0 aliphatic heterocycles. The van der Waals surface area contributed by atoms with Gasteiger partial charge in [0, 0.05) is 12.8 Å². The van der Waals surface area contributed by atoms with Crippen LogP contribution in [0, 0.1) is 11.8 Å². The van der Waals surface area contributed by atoms with Crippen LogP contribution in [-0.4, -0.2) is 12.6 Å². The van der Waals surface area contributed by atoms with E-state index in [2.05, 4.69) is 0 Å². The maximum Gasteiger partial charge on any atom is 0.120 e. The average molecular weight is 156 g/mol. The van der Waals surface area contributed by atoms with Crippen molar-refractivity contribution in [2.75, 3.05) is 0 Å². The first-order valence-electron chi connectivity index (χ1n) is 4.08. The highest BCUT2D eigenvalue weighted by atomic mass is 16.1. The van der Waals surface area contributed by atoms with E-state index in [1.807, 2.05) is 13.8 Å². The molecule has 0 bridgehead atoms. The van der Waals surface area contributed by atoms with Crippen LogP contribution in [0.2, 0.25) is 0 Å². The molecule has 0 radical (unpaired) electrons. The summed E-state index contributed by atoms with van der Waals surface area (Å²) in [6.07, 6.45) is 4.08. The minimum absolute atomic E-state index is 0.419. The molecule has 0 saturated carbocycles. The Kier molecular flexibility index (Phi) is 5.71. The Labute approximate surface area is 68.0 Å². The Morgan fingerprint density at radius 1 is 1.00 bits per heavy atom. The maximum absolute atomic E-state index is 10.1. The van der Waals surface area contributed by atoms with Gasteiger partial charge in [-0.3, -0.25) is 0 Å². The molecule has 0 fully saturated rings. The van der Waals surface area contributed by atoms with E-state index in [1.165, 1.54) is 0 Å². The van der Waals surface area contributed by atoms with Gasteiger partial charge in [-0.05, 0) is 18.3 Å². The highest BCUT2D eigenvalue weighted by Gasteiger charge is 2.07. The first kappa shape index (κ1) is 10.3. The van der Waals surface area contributed by atoms with Crippen LogP contribution in [0.25, 0.3) is 0 Å². The van der Waals surface area contributed by atoms with Crippen LogP contribution in [0.5, 0.6) is 0 Å². The Morgan fingerprint density at radius 2 is 1.36 bits per heavy atom. The smallest absolute Gasteiger partial charge is 0.120 e. The van der Waals surface area contributed by atoms with Gasteiger partial charge in [-0.25, -0.2) is 0 Å². The highest BCUT2D eigenvalue weighted by Crippen LogP contribution is 2.15. The zero-order valence-corrected chi connectivity index (χ0v) is 7.25. The van der Waals surface area contributed by atoms with Gasteiger partial charge in [0.25, 0.3) is 0 Å². The third-order valence-electron chi connectivity index (χ3n) is 1.80. The second kappa shape index (κ2) is 6.08. The van der Waals surface area contributed by atoms with Gasteiger partial charge < -0.3 is 9.59 Å². The summed E-state index contributed by atoms with van der Waals surface area (Å²) < 4.78 is 0. The molecule has 11 heavy (non-hydrogen) atoms. The summed E-state index contributed by atoms with van der Waals surface area (Å²) in [5.74, 6) is 0.838. The SMILES string of the molecule is C[C@H](CC=O)C[C@@H](C)CC=O. The number of carbonyl (C=O) groups is 2. The maximum atomic E-state index is 10.1. The lowest BCUT2D eigenvalue weighted by Crippen LogP contribution is -2.04. The fourth-order valence-electron chi connectivity index (χ4n) is 1.21. The number of hydrogen-bond donors (Lipinski definition) is 0. The molecule has 0 aliphatic carbocycles. The van der Waals surface area contributed by atoms with E-state index in [0.29, 0.717) is 24.7 Å². The third-order valence-corrected chi connectivity index (χ3v) is 1.80. The van der Waals surface area contributed by atoms with Crippen molar-refractivity contribution in [3.8, 4) is 0 Å². The molecule has 0 saturated heterocycles. The van der Waals surface area contributed by atoms with Gasteiger partial charge in [0.2, 0.25) is 0 Å². The van der Waals surface area contributed by atoms with Crippen molar-refractivity contribution >= 4 is 12.6 Å². The van der Waals surface area contributed by atoms with Crippen LogP contribution in [0.4, 0.5) is 0 Å². The largest absolute Gasteiger partial charge is 0.303 e. The van der Waals surface area contributed by atoms with E-state index >= 15 is 0 Å². The predicted octanol–water partition coefficient (Wildman–Crippen LogP) is 1.83. The first-order valence-corrected chi connectivity index (χ1v) is 4.08. The molecule has 64 valence electrons. The van der Waals surface area contributed by atoms with Crippen molar-refractivity contribution in [3.63, 3.8) is 0 Å². The van der Waals surface area contributed by atoms with Gasteiger partial charge >= 0.3 is 0 Å². The Bertz CT molecular complexity index is 107. The van der Waals surface area contributed by atoms with E-state index in [1.54, 1.807) is 0 Å². The predicted molar refractivity (Wildman–Crippen MR) is 44.3 cm³/mol. The standard InChI is InChI=1S/C9H16O2/c1-8(3-5-10)7-9(2)4-6-11/h5-6,8-9H,3-4,7H2,1-2H3/t8-,9+. The summed E-state index contributed by atoms with van der Waals surface area (Å²) in [7, 11) is 0. The highest BCUT2D eigenvalue weighted by molar-refractivity contribution is 5.50. The molecular weight excluding hydrogens is 140 g/mol. The van der Waals surface area contributed by atoms with Crippen LogP contribution >= 0.6 is 0 Å². The molecule has 0 aromatic rings. The molecule has 0 aromatic carbocycles. The molecule has 2 nitrogen and oxygen atoms in total. The zero-order valence-electron chi connectivity index (χ0n) is 7.25. The molecule has 0 unspecified atom stereocenters. The minimum Gasteiger partial charge on any atom is -0.303 e. The molecule has 0 aromatic heterocycles. The number of rotatable bonds is 6. The van der Waals surface area contributed by atoms with Crippen LogP contribution in [0.3, 0.4) is 0 Å². The van der Waals surface area contributed by atoms with Gasteiger partial charge in [-0.1, -0.05) is 13.8 Å². The first-order chi connectivity index (χ1) is 5.20. The number of aldehydes is 2. The molecule has 0 amide bonds. The van der Waals surface area contributed by atoms with Crippen LogP contribution < -0.4 is 0 Å². The topological polar surface area (TPSA) is 34.1 Å². The molecule has 2 atom stereocenters. The monoisotopic (exact) mass is 156 g/mol. The lowest BCUT2D eigenvalue weighted by Gasteiger charge is -2.11. The van der Waals surface area contributed by atoms with Crippen LogP contribution in [-0.2, 0) is 9.59 Å². The van der Waals surface area contributed by atoms with E-state index in [4.69, 9.17) is 0 Å². The van der Waals surface area contributed by atoms with Crippen LogP contribution in [0.15, 0.2) is 0 Å². The van der Waals surface area contributed by atoms with E-state index < -0.39 is 0 Å². The second-order valence-corrected chi connectivity index (χ2v) is 3.25. The molecule has 0 rings (SSSR count). The normalized spacial score (nSPS) is 15.5. The van der Waals surface area contributed by atoms with Crippen molar-refractivity contribution < 1.29 is 9.59 Å². The average Bonchev–Trinajstić information content (AvgIpc) is 1.87. The van der Waals surface area contributed by atoms with E-state index in [-0.39, 0.29) is 0 Å². The summed E-state index contributed by atoms with van der Waals surface area (Å²) in [4.78, 5) is 20.2. The van der Waals surface area contributed by atoms with Crippen molar-refractivity contribution in [1.82, 2.24) is 0 Å². The Hall–Kier alpha value is -0.660. The minimum atomic E-state index is 0.419. The molecule has 2 heteroatoms. The van der Waals surface area contributed by atoms with Gasteiger partial charge in [-0.2, -0.15) is 0 Å². The molecule has 0 spiro atoms. The lowest BCUT2D eigenvalue weighted by atomic mass is 9.93. The van der Waals surface area contributed by atoms with Gasteiger partial charge in [0.1, 0.15) is 12.6 Å². The second-order valence-electron chi connectivity index (χ2n) is 3.25. The molecule has 0 heterocycles. The van der Waals surface area contributed by atoms with E-state index in [0.717, 1.165) is 19.0 Å². The van der Waals surface area contributed by atoms with Crippen LogP contribution in [0.1, 0.15) is 33.1 Å². The van der Waals surface area contributed by atoms with Gasteiger partial charge in [0.05, 0.1) is 0 Å². The van der Waals surface area contributed by atoms with Crippen molar-refractivity contribution in [2.45, 2.75) is 33.1 Å². The van der Waals surface area contributed by atoms with Gasteiger partial charge in [-0.15, -0.1) is 0 Å². The van der Waals surface area contributed by atoms with E-state index in [9.17, 15) is 9.59 Å². The Balaban J connectivity index is 3.46. The Morgan fingerprint density at radius 3 is 1.64 bits per heavy atom. The molecular formula is C9H16O2. The van der Waals surface area contributed by atoms with Crippen molar-refractivity contribution in [1.29, 1.82) is 0 Å². The third kappa shape index (κ3) is 5.77. The van der Waals surface area contributed by atoms with Crippen molar-refractivity contribution in [2.24, 2.45) is 11.8 Å². The fourth-order valence-corrected chi connectivity index (χ4v) is 1.21. The molecule has 0 aliphatic rings. The quantitative estimate of drug-likeness (QED) is 0.550. The number of carbonyl (C=O) groups excluding carboxylic acids is 2. The zero-order chi connectivity index (χ0) is 8.69. The van der Waals surface area contributed by atoms with Gasteiger partial charge in [0.15, 0.2) is 0 Å². The number of hydrogen-bond acceptors (Lipinski definition) is 2. The lowest BCUT2D eigenvalue weighted by molar-refractivity contribution is -0.108.